The summed E-state index contributed by atoms with van der Waals surface area (Å²) in [5.41, 5.74) is 2.02. The Bertz CT molecular complexity index is 877. The van der Waals surface area contributed by atoms with E-state index in [1.165, 1.54) is 5.56 Å². The van der Waals surface area contributed by atoms with E-state index in [1.54, 1.807) is 23.6 Å². The zero-order valence-corrected chi connectivity index (χ0v) is 17.0. The monoisotopic (exact) mass is 368 g/mol. The fraction of sp³-hybridized carbons (Fsp3) is 0.476. The van der Waals surface area contributed by atoms with Crippen molar-refractivity contribution in [3.8, 4) is 0 Å². The molecule has 1 aliphatic heterocycles. The van der Waals surface area contributed by atoms with Crippen LogP contribution in [-0.4, -0.2) is 34.2 Å². The molecule has 1 unspecified atom stereocenters. The summed E-state index contributed by atoms with van der Waals surface area (Å²) in [5, 5.41) is 7.34. The van der Waals surface area contributed by atoms with Gasteiger partial charge in [0.1, 0.15) is 11.2 Å². The molecule has 1 N–H and O–H groups in total. The number of fused-ring (bicyclic) bond motifs is 1. The number of hydrogen-bond donors (Lipinski definition) is 1. The largest absolute Gasteiger partial charge is 0.357 e. The van der Waals surface area contributed by atoms with Gasteiger partial charge in [-0.2, -0.15) is 5.10 Å². The maximum atomic E-state index is 13.4. The van der Waals surface area contributed by atoms with E-state index >= 15 is 0 Å². The Balaban J connectivity index is 2.15. The van der Waals surface area contributed by atoms with E-state index in [-0.39, 0.29) is 17.2 Å². The summed E-state index contributed by atoms with van der Waals surface area (Å²) in [4.78, 5) is 27.8. The first-order valence-corrected chi connectivity index (χ1v) is 9.36. The maximum absolute atomic E-state index is 13.4. The van der Waals surface area contributed by atoms with Gasteiger partial charge in [0.15, 0.2) is 0 Å². The van der Waals surface area contributed by atoms with Crippen LogP contribution in [0.1, 0.15) is 56.4 Å². The molecule has 0 bridgehead atoms. The van der Waals surface area contributed by atoms with E-state index in [4.69, 9.17) is 0 Å². The molecule has 2 heterocycles. The van der Waals surface area contributed by atoms with Crippen molar-refractivity contribution < 1.29 is 9.59 Å². The first-order valence-electron chi connectivity index (χ1n) is 9.36. The van der Waals surface area contributed by atoms with Crippen LogP contribution >= 0.6 is 0 Å². The lowest BCUT2D eigenvalue weighted by molar-refractivity contribution is -0.126. The van der Waals surface area contributed by atoms with Crippen molar-refractivity contribution in [1.29, 1.82) is 0 Å². The van der Waals surface area contributed by atoms with Crippen molar-refractivity contribution in [2.45, 2.75) is 58.5 Å². The summed E-state index contributed by atoms with van der Waals surface area (Å²) in [7, 11) is 1.59. The zero-order chi connectivity index (χ0) is 20.0. The van der Waals surface area contributed by atoms with Crippen molar-refractivity contribution in [3.63, 3.8) is 0 Å². The highest BCUT2D eigenvalue weighted by Gasteiger charge is 2.48. The predicted octanol–water partition coefficient (Wildman–Crippen LogP) is 2.91. The van der Waals surface area contributed by atoms with Gasteiger partial charge in [-0.3, -0.25) is 19.2 Å². The van der Waals surface area contributed by atoms with Crippen LogP contribution in [0.25, 0.3) is 0 Å². The molecule has 27 heavy (non-hydrogen) atoms. The Hall–Kier alpha value is -2.63. The number of aromatic nitrogens is 2. The number of carbonyl (C=O) groups excluding carboxylic acids is 2. The Kier molecular flexibility index (Phi) is 4.62. The van der Waals surface area contributed by atoms with Gasteiger partial charge in [0.2, 0.25) is 5.91 Å². The van der Waals surface area contributed by atoms with Crippen LogP contribution in [0, 0.1) is 0 Å². The summed E-state index contributed by atoms with van der Waals surface area (Å²) in [6.45, 7) is 10.4. The molecule has 6 heteroatoms. The highest BCUT2D eigenvalue weighted by Crippen LogP contribution is 2.34. The number of amides is 2. The molecule has 0 radical (unpaired) electrons. The molecule has 1 aromatic heterocycles. The average molecular weight is 368 g/mol. The molecular weight excluding hydrogens is 340 g/mol. The van der Waals surface area contributed by atoms with Crippen molar-refractivity contribution in [2.24, 2.45) is 0 Å². The summed E-state index contributed by atoms with van der Waals surface area (Å²) in [6, 6.07) is 9.67. The van der Waals surface area contributed by atoms with Crippen molar-refractivity contribution in [2.75, 3.05) is 11.9 Å². The molecule has 1 atom stereocenters. The van der Waals surface area contributed by atoms with Crippen LogP contribution in [0.2, 0.25) is 0 Å². The van der Waals surface area contributed by atoms with Crippen LogP contribution in [-0.2, 0) is 23.2 Å². The highest BCUT2D eigenvalue weighted by atomic mass is 16.2. The van der Waals surface area contributed by atoms with Gasteiger partial charge in [0.05, 0.1) is 12.2 Å². The Morgan fingerprint density at radius 3 is 2.41 bits per heavy atom. The van der Waals surface area contributed by atoms with Gasteiger partial charge in [-0.1, -0.05) is 39.8 Å². The normalized spacial score (nSPS) is 19.8. The lowest BCUT2D eigenvalue weighted by atomic mass is 9.91. The Labute approximate surface area is 160 Å². The van der Waals surface area contributed by atoms with Crippen molar-refractivity contribution >= 4 is 17.5 Å². The molecule has 0 aliphatic carbocycles. The fourth-order valence-corrected chi connectivity index (χ4v) is 3.50. The third-order valence-corrected chi connectivity index (χ3v) is 5.24. The number of anilines is 1. The molecule has 144 valence electrons. The number of rotatable bonds is 3. The lowest BCUT2D eigenvalue weighted by Crippen LogP contribution is -2.64. The molecule has 2 aromatic rings. The number of nitrogens with zero attached hydrogens (tertiary/aromatic N) is 3. The minimum atomic E-state index is -1.06. The first-order chi connectivity index (χ1) is 12.6. The lowest BCUT2D eigenvalue weighted by Gasteiger charge is -2.43. The van der Waals surface area contributed by atoms with Crippen molar-refractivity contribution in [1.82, 2.24) is 15.1 Å². The summed E-state index contributed by atoms with van der Waals surface area (Å²) < 4.78 is 1.68. The standard InChI is InChI=1S/C21H28N4O2/c1-7-14-8-10-15(11-9-14)25-18(26)16-12-17(20(2,3)4)23-24(16)13-21(25,5)19(27)22-6/h8-12H,7,13H2,1-6H3,(H,22,27). The molecule has 0 saturated heterocycles. The molecule has 1 aliphatic rings. The van der Waals surface area contributed by atoms with Crippen LogP contribution < -0.4 is 10.2 Å². The van der Waals surface area contributed by atoms with E-state index in [2.05, 4.69) is 38.1 Å². The van der Waals surface area contributed by atoms with Crippen LogP contribution in [0.5, 0.6) is 0 Å². The molecule has 0 saturated carbocycles. The highest BCUT2D eigenvalue weighted by molar-refractivity contribution is 6.11. The fourth-order valence-electron chi connectivity index (χ4n) is 3.50. The summed E-state index contributed by atoms with van der Waals surface area (Å²) in [5.74, 6) is -0.423. The number of carbonyl (C=O) groups is 2. The Morgan fingerprint density at radius 1 is 1.26 bits per heavy atom. The third kappa shape index (κ3) is 3.13. The van der Waals surface area contributed by atoms with E-state index in [9.17, 15) is 9.59 Å². The quantitative estimate of drug-likeness (QED) is 0.906. The smallest absolute Gasteiger partial charge is 0.277 e. The van der Waals surface area contributed by atoms with Gasteiger partial charge in [-0.25, -0.2) is 0 Å². The van der Waals surface area contributed by atoms with E-state index in [0.717, 1.165) is 12.1 Å². The minimum Gasteiger partial charge on any atom is -0.357 e. The van der Waals surface area contributed by atoms with E-state index in [0.29, 0.717) is 17.9 Å². The van der Waals surface area contributed by atoms with Crippen LogP contribution in [0.3, 0.4) is 0 Å². The molecule has 0 fully saturated rings. The SMILES string of the molecule is CCc1ccc(N2C(=O)c3cc(C(C)(C)C)nn3CC2(C)C(=O)NC)cc1. The number of benzene rings is 1. The molecule has 3 rings (SSSR count). The van der Waals surface area contributed by atoms with Crippen LogP contribution in [0.4, 0.5) is 5.69 Å². The topological polar surface area (TPSA) is 67.2 Å². The Morgan fingerprint density at radius 2 is 1.89 bits per heavy atom. The second-order valence-corrected chi connectivity index (χ2v) is 8.34. The number of likely N-dealkylation sites (N-methyl/N-ethyl adjacent to an activating group) is 1. The molecular formula is C21H28N4O2. The molecule has 6 nitrogen and oxygen atoms in total. The third-order valence-electron chi connectivity index (χ3n) is 5.24. The first kappa shape index (κ1) is 19.1. The van der Waals surface area contributed by atoms with Gasteiger partial charge in [0.25, 0.3) is 5.91 Å². The van der Waals surface area contributed by atoms with Gasteiger partial charge in [-0.05, 0) is 37.1 Å². The van der Waals surface area contributed by atoms with E-state index in [1.807, 2.05) is 30.3 Å². The number of aryl methyl sites for hydroxylation is 1. The minimum absolute atomic E-state index is 0.179. The van der Waals surface area contributed by atoms with Crippen LogP contribution in [0.15, 0.2) is 30.3 Å². The molecule has 1 aromatic carbocycles. The van der Waals surface area contributed by atoms with Gasteiger partial charge in [-0.15, -0.1) is 0 Å². The summed E-state index contributed by atoms with van der Waals surface area (Å²) >= 11 is 0. The molecule has 2 amide bonds. The predicted molar refractivity (Wildman–Crippen MR) is 106 cm³/mol. The molecule has 0 spiro atoms. The van der Waals surface area contributed by atoms with Gasteiger partial charge >= 0.3 is 0 Å². The second-order valence-electron chi connectivity index (χ2n) is 8.34. The number of hydrogen-bond acceptors (Lipinski definition) is 3. The second kappa shape index (κ2) is 6.51. The van der Waals surface area contributed by atoms with E-state index < -0.39 is 5.54 Å². The van der Waals surface area contributed by atoms with Gasteiger partial charge in [0, 0.05) is 18.2 Å². The number of nitrogens with one attached hydrogen (secondary N) is 1. The van der Waals surface area contributed by atoms with Gasteiger partial charge < -0.3 is 5.32 Å². The van der Waals surface area contributed by atoms with Crippen molar-refractivity contribution in [3.05, 3.63) is 47.3 Å². The average Bonchev–Trinajstić information content (AvgIpc) is 3.06. The summed E-state index contributed by atoms with van der Waals surface area (Å²) in [6.07, 6.45) is 0.919. The maximum Gasteiger partial charge on any atom is 0.277 e. The zero-order valence-electron chi connectivity index (χ0n) is 17.0.